The van der Waals surface area contributed by atoms with Crippen molar-refractivity contribution in [3.63, 3.8) is 0 Å². The molecule has 1 spiro atoms. The molecule has 68 valence electrons. The fourth-order valence-electron chi connectivity index (χ4n) is 3.11. The van der Waals surface area contributed by atoms with E-state index in [2.05, 4.69) is 0 Å². The van der Waals surface area contributed by atoms with Crippen LogP contribution < -0.4 is 0 Å². The molecule has 0 unspecified atom stereocenters. The lowest BCUT2D eigenvalue weighted by molar-refractivity contribution is -0.210. The molecule has 2 bridgehead atoms. The standard InChI is InChI=1S/C9H14O3/c10-8-4-6-3-7(8)9(5-6)11-1-2-12-9/h6-8,10H,1-5H2/t6-,7+,8+/m1/s1. The molecule has 0 aromatic rings. The Morgan fingerprint density at radius 3 is 2.50 bits per heavy atom. The summed E-state index contributed by atoms with van der Waals surface area (Å²) in [7, 11) is 0. The third kappa shape index (κ3) is 0.767. The topological polar surface area (TPSA) is 38.7 Å². The Kier molecular flexibility index (Phi) is 1.35. The van der Waals surface area contributed by atoms with Crippen molar-refractivity contribution >= 4 is 0 Å². The Bertz CT molecular complexity index is 198. The quantitative estimate of drug-likeness (QED) is 0.576. The maximum absolute atomic E-state index is 9.68. The molecule has 0 aromatic heterocycles. The average molecular weight is 170 g/mol. The SMILES string of the molecule is O[C@H]1C[C@H]2C[C@@H]1C1(C2)OCCO1. The van der Waals surface area contributed by atoms with Crippen molar-refractivity contribution in [3.8, 4) is 0 Å². The van der Waals surface area contributed by atoms with Crippen molar-refractivity contribution in [1.29, 1.82) is 0 Å². The number of aliphatic hydroxyl groups excluding tert-OH is 1. The summed E-state index contributed by atoms with van der Waals surface area (Å²) in [6.07, 6.45) is 2.89. The second-order valence-corrected chi connectivity index (χ2v) is 4.22. The van der Waals surface area contributed by atoms with Gasteiger partial charge in [-0.15, -0.1) is 0 Å². The second-order valence-electron chi connectivity index (χ2n) is 4.22. The first kappa shape index (κ1) is 7.30. The van der Waals surface area contributed by atoms with Gasteiger partial charge in [0.2, 0.25) is 0 Å². The van der Waals surface area contributed by atoms with Crippen LogP contribution in [0.15, 0.2) is 0 Å². The summed E-state index contributed by atoms with van der Waals surface area (Å²) in [6.45, 7) is 1.41. The number of fused-ring (bicyclic) bond motifs is 3. The molecular formula is C9H14O3. The van der Waals surface area contributed by atoms with Gasteiger partial charge in [-0.05, 0) is 18.8 Å². The predicted molar refractivity (Wildman–Crippen MR) is 41.5 cm³/mol. The zero-order chi connectivity index (χ0) is 8.18. The van der Waals surface area contributed by atoms with Gasteiger partial charge in [0, 0.05) is 12.3 Å². The summed E-state index contributed by atoms with van der Waals surface area (Å²) in [5.41, 5.74) is 0. The molecule has 1 aliphatic heterocycles. The Balaban J connectivity index is 1.89. The molecule has 1 heterocycles. The number of aliphatic hydroxyl groups is 1. The van der Waals surface area contributed by atoms with Gasteiger partial charge in [-0.3, -0.25) is 0 Å². The molecular weight excluding hydrogens is 156 g/mol. The fraction of sp³-hybridized carbons (Fsp3) is 1.00. The lowest BCUT2D eigenvalue weighted by Gasteiger charge is -2.34. The Labute approximate surface area is 71.7 Å². The van der Waals surface area contributed by atoms with Crippen LogP contribution in [0, 0.1) is 11.8 Å². The van der Waals surface area contributed by atoms with Crippen molar-refractivity contribution in [1.82, 2.24) is 0 Å². The summed E-state index contributed by atoms with van der Waals surface area (Å²) in [6, 6.07) is 0. The van der Waals surface area contributed by atoms with E-state index >= 15 is 0 Å². The molecule has 0 radical (unpaired) electrons. The van der Waals surface area contributed by atoms with Gasteiger partial charge in [0.15, 0.2) is 5.79 Å². The Morgan fingerprint density at radius 1 is 1.17 bits per heavy atom. The second kappa shape index (κ2) is 2.22. The first-order valence-corrected chi connectivity index (χ1v) is 4.76. The maximum atomic E-state index is 9.68. The summed E-state index contributed by atoms with van der Waals surface area (Å²) in [5, 5.41) is 9.68. The molecule has 3 fully saturated rings. The predicted octanol–water partition coefficient (Wildman–Crippen LogP) is 0.520. The molecule has 3 nitrogen and oxygen atoms in total. The largest absolute Gasteiger partial charge is 0.393 e. The van der Waals surface area contributed by atoms with Crippen LogP contribution in [0.2, 0.25) is 0 Å². The van der Waals surface area contributed by atoms with Crippen molar-refractivity contribution in [2.24, 2.45) is 11.8 Å². The van der Waals surface area contributed by atoms with Gasteiger partial charge in [-0.2, -0.15) is 0 Å². The van der Waals surface area contributed by atoms with E-state index in [0.29, 0.717) is 19.1 Å². The van der Waals surface area contributed by atoms with Crippen LogP contribution in [0.4, 0.5) is 0 Å². The highest BCUT2D eigenvalue weighted by Crippen LogP contribution is 2.54. The van der Waals surface area contributed by atoms with Gasteiger partial charge < -0.3 is 14.6 Å². The lowest BCUT2D eigenvalue weighted by atomic mass is 9.91. The highest BCUT2D eigenvalue weighted by atomic mass is 16.7. The minimum Gasteiger partial charge on any atom is -0.393 e. The van der Waals surface area contributed by atoms with E-state index in [9.17, 15) is 5.11 Å². The van der Waals surface area contributed by atoms with Crippen molar-refractivity contribution in [2.45, 2.75) is 31.2 Å². The van der Waals surface area contributed by atoms with Gasteiger partial charge in [-0.25, -0.2) is 0 Å². The molecule has 3 aliphatic rings. The van der Waals surface area contributed by atoms with E-state index in [1.54, 1.807) is 0 Å². The minimum absolute atomic E-state index is 0.179. The van der Waals surface area contributed by atoms with Gasteiger partial charge in [0.05, 0.1) is 19.3 Å². The highest BCUT2D eigenvalue weighted by molar-refractivity contribution is 5.02. The summed E-state index contributed by atoms with van der Waals surface area (Å²) < 4.78 is 11.2. The van der Waals surface area contributed by atoms with Crippen LogP contribution in [0.3, 0.4) is 0 Å². The molecule has 2 aliphatic carbocycles. The normalized spacial score (nSPS) is 49.2. The van der Waals surface area contributed by atoms with Gasteiger partial charge in [0.25, 0.3) is 0 Å². The average Bonchev–Trinajstić information content (AvgIpc) is 2.66. The van der Waals surface area contributed by atoms with Crippen LogP contribution in [-0.4, -0.2) is 30.2 Å². The summed E-state index contributed by atoms with van der Waals surface area (Å²) in [5.74, 6) is 0.524. The lowest BCUT2D eigenvalue weighted by Crippen LogP contribution is -2.42. The van der Waals surface area contributed by atoms with Crippen molar-refractivity contribution in [2.75, 3.05) is 13.2 Å². The van der Waals surface area contributed by atoms with E-state index < -0.39 is 0 Å². The van der Waals surface area contributed by atoms with Crippen molar-refractivity contribution in [3.05, 3.63) is 0 Å². The molecule has 3 atom stereocenters. The van der Waals surface area contributed by atoms with Crippen molar-refractivity contribution < 1.29 is 14.6 Å². The minimum atomic E-state index is -0.373. The zero-order valence-electron chi connectivity index (χ0n) is 7.03. The number of hydrogen-bond acceptors (Lipinski definition) is 3. The Morgan fingerprint density at radius 2 is 1.92 bits per heavy atom. The van der Waals surface area contributed by atoms with Crippen LogP contribution in [-0.2, 0) is 9.47 Å². The van der Waals surface area contributed by atoms with Crippen LogP contribution in [0.5, 0.6) is 0 Å². The van der Waals surface area contributed by atoms with E-state index in [-0.39, 0.29) is 17.8 Å². The molecule has 0 aromatic carbocycles. The van der Waals surface area contributed by atoms with Gasteiger partial charge in [-0.1, -0.05) is 0 Å². The number of rotatable bonds is 0. The number of hydrogen-bond donors (Lipinski definition) is 1. The smallest absolute Gasteiger partial charge is 0.174 e. The van der Waals surface area contributed by atoms with Crippen LogP contribution in [0.25, 0.3) is 0 Å². The molecule has 1 N–H and O–H groups in total. The summed E-state index contributed by atoms with van der Waals surface area (Å²) >= 11 is 0. The first-order chi connectivity index (χ1) is 5.80. The molecule has 3 heteroatoms. The zero-order valence-corrected chi connectivity index (χ0v) is 7.03. The summed E-state index contributed by atoms with van der Waals surface area (Å²) in [4.78, 5) is 0. The van der Waals surface area contributed by atoms with E-state index in [4.69, 9.17) is 9.47 Å². The first-order valence-electron chi connectivity index (χ1n) is 4.76. The van der Waals surface area contributed by atoms with E-state index in [0.717, 1.165) is 19.3 Å². The maximum Gasteiger partial charge on any atom is 0.174 e. The van der Waals surface area contributed by atoms with Crippen LogP contribution >= 0.6 is 0 Å². The third-order valence-electron chi connectivity index (χ3n) is 3.54. The molecule has 3 rings (SSSR count). The number of ether oxygens (including phenoxy) is 2. The van der Waals surface area contributed by atoms with Crippen LogP contribution in [0.1, 0.15) is 19.3 Å². The molecule has 1 saturated heterocycles. The van der Waals surface area contributed by atoms with E-state index in [1.165, 1.54) is 0 Å². The highest BCUT2D eigenvalue weighted by Gasteiger charge is 2.58. The molecule has 2 saturated carbocycles. The fourth-order valence-corrected chi connectivity index (χ4v) is 3.11. The van der Waals surface area contributed by atoms with Gasteiger partial charge >= 0.3 is 0 Å². The third-order valence-corrected chi connectivity index (χ3v) is 3.54. The molecule has 0 amide bonds. The monoisotopic (exact) mass is 170 g/mol. The van der Waals surface area contributed by atoms with Gasteiger partial charge in [0.1, 0.15) is 0 Å². The van der Waals surface area contributed by atoms with E-state index in [1.807, 2.05) is 0 Å². The Hall–Kier alpha value is -0.120. The molecule has 12 heavy (non-hydrogen) atoms.